The van der Waals surface area contributed by atoms with Crippen LogP contribution in [0.4, 0.5) is 4.39 Å². The second-order valence-electron chi connectivity index (χ2n) is 16.2. The van der Waals surface area contributed by atoms with Crippen LogP contribution in [0.1, 0.15) is 57.9 Å². The van der Waals surface area contributed by atoms with Gasteiger partial charge in [-0.2, -0.15) is 0 Å². The van der Waals surface area contributed by atoms with Crippen LogP contribution in [0.2, 0.25) is 10.0 Å². The first-order valence-electron chi connectivity index (χ1n) is 18.6. The van der Waals surface area contributed by atoms with E-state index in [9.17, 15) is 27.2 Å². The molecule has 1 aliphatic heterocycles. The first-order chi connectivity index (χ1) is 26.9. The summed E-state index contributed by atoms with van der Waals surface area (Å²) in [5, 5.41) is 3.59. The average Bonchev–Trinajstić information content (AvgIpc) is 4.05. The zero-order valence-electron chi connectivity index (χ0n) is 31.9. The number of ketones is 1. The molecular weight excluding hydrogens is 815 g/mol. The van der Waals surface area contributed by atoms with Crippen LogP contribution < -0.4 is 14.2 Å². The Bertz CT molecular complexity index is 2380. The molecular formula is C41H43Cl2FN4O7S2. The number of nitrogens with one attached hydrogen (secondary N) is 1. The number of rotatable bonds is 14. The van der Waals surface area contributed by atoms with E-state index < -0.39 is 61.8 Å². The van der Waals surface area contributed by atoms with Crippen LogP contribution in [0, 0.1) is 28.5 Å². The maximum absolute atomic E-state index is 14.9. The molecule has 0 radical (unpaired) electrons. The van der Waals surface area contributed by atoms with E-state index in [0.717, 1.165) is 0 Å². The third-order valence-corrected chi connectivity index (χ3v) is 14.5. The number of pyridine rings is 1. The molecule has 1 saturated heterocycles. The van der Waals surface area contributed by atoms with Gasteiger partial charge in [-0.25, -0.2) is 22.8 Å². The number of benzene rings is 2. The maximum Gasteiger partial charge on any atom is 0.240 e. The molecule has 2 aliphatic carbocycles. The predicted octanol–water partition coefficient (Wildman–Crippen LogP) is 7.83. The van der Waals surface area contributed by atoms with Gasteiger partial charge >= 0.3 is 0 Å². The Balaban J connectivity index is 1.19. The van der Waals surface area contributed by atoms with Crippen molar-refractivity contribution in [2.24, 2.45) is 22.7 Å². The number of sulfonamides is 1. The molecule has 3 fully saturated rings. The minimum Gasteiger partial charge on any atom is -0.494 e. The van der Waals surface area contributed by atoms with Crippen molar-refractivity contribution >= 4 is 72.9 Å². The quantitative estimate of drug-likeness (QED) is 0.126. The topological polar surface area (TPSA) is 145 Å². The minimum atomic E-state index is -3.87. The first-order valence-corrected chi connectivity index (χ1v) is 21.8. The summed E-state index contributed by atoms with van der Waals surface area (Å²) in [7, 11) is -2.34. The first kappa shape index (κ1) is 41.1. The van der Waals surface area contributed by atoms with Crippen molar-refractivity contribution in [2.75, 3.05) is 13.7 Å². The molecule has 7 rings (SSSR count). The Kier molecular flexibility index (Phi) is 11.2. The van der Waals surface area contributed by atoms with E-state index in [4.69, 9.17) is 37.7 Å². The molecule has 2 aromatic heterocycles. The van der Waals surface area contributed by atoms with Crippen molar-refractivity contribution in [3.63, 3.8) is 0 Å². The van der Waals surface area contributed by atoms with Gasteiger partial charge in [0.15, 0.2) is 5.78 Å². The number of hydrogen-bond acceptors (Lipinski definition) is 10. The van der Waals surface area contributed by atoms with Gasteiger partial charge in [0.1, 0.15) is 17.7 Å². The molecule has 2 aromatic carbocycles. The van der Waals surface area contributed by atoms with Crippen LogP contribution in [-0.2, 0) is 30.8 Å². The van der Waals surface area contributed by atoms with Crippen LogP contribution in [0.5, 0.6) is 11.6 Å². The molecule has 2 saturated carbocycles. The van der Waals surface area contributed by atoms with Gasteiger partial charge in [0, 0.05) is 51.9 Å². The van der Waals surface area contributed by atoms with Gasteiger partial charge in [0.05, 0.1) is 52.3 Å². The van der Waals surface area contributed by atoms with Crippen molar-refractivity contribution in [3.05, 3.63) is 81.5 Å². The molecule has 16 heteroatoms. The molecule has 3 heterocycles. The van der Waals surface area contributed by atoms with E-state index in [0.29, 0.717) is 50.7 Å². The Hall–Kier alpha value is -4.11. The molecule has 11 nitrogen and oxygen atoms in total. The summed E-state index contributed by atoms with van der Waals surface area (Å²) in [6, 6.07) is 8.60. The number of likely N-dealkylation sites (tertiary alicyclic amines) is 1. The van der Waals surface area contributed by atoms with E-state index in [-0.39, 0.29) is 54.8 Å². The van der Waals surface area contributed by atoms with Crippen molar-refractivity contribution in [1.82, 2.24) is 19.6 Å². The van der Waals surface area contributed by atoms with E-state index in [1.807, 2.05) is 26.2 Å². The summed E-state index contributed by atoms with van der Waals surface area (Å²) in [6.45, 7) is 9.71. The number of allylic oxidation sites excluding steroid dienone is 1. The third-order valence-electron chi connectivity index (χ3n) is 11.2. The molecule has 5 atom stereocenters. The summed E-state index contributed by atoms with van der Waals surface area (Å²) in [4.78, 5) is 53.9. The lowest BCUT2D eigenvalue weighted by atomic mass is 9.77. The Labute approximate surface area is 345 Å². The normalized spacial score (nSPS) is 22.6. The average molecular weight is 858 g/mol. The second kappa shape index (κ2) is 15.6. The molecule has 0 bridgehead atoms. The number of amides is 2. The predicted molar refractivity (Wildman–Crippen MR) is 217 cm³/mol. The van der Waals surface area contributed by atoms with Crippen LogP contribution in [0.15, 0.2) is 60.6 Å². The Morgan fingerprint density at radius 2 is 1.91 bits per heavy atom. The van der Waals surface area contributed by atoms with Crippen molar-refractivity contribution < 1.29 is 36.7 Å². The lowest BCUT2D eigenvalue weighted by Crippen LogP contribution is -2.48. The summed E-state index contributed by atoms with van der Waals surface area (Å²) in [5.41, 5.74) is -0.674. The molecule has 4 aromatic rings. The number of ether oxygens (including phenoxy) is 2. The Morgan fingerprint density at radius 1 is 1.16 bits per heavy atom. The standard InChI is InChI=1S/C41H43Cl2FN4O7S2/c1-6-23-17-41(23,39(51)47-57(52,53)26-9-10-26)18-34(49)33-15-25(55-37-28-14-24(42)8-11-27(28)35(54-5)19-45-37)20-48(33)38(50)29(40(2,3)4)16-36-46-32(21-56-36)22-7-12-31(44)30(43)13-22/h6-8,11-14,19,21,23,25-26,29,33H,1,9-10,15-18,20H2,2-5H3,(H,47,51)/t23-,25-,29-,33+,41-/m1/s1. The summed E-state index contributed by atoms with van der Waals surface area (Å²) < 4.78 is 53.7. The molecule has 57 heavy (non-hydrogen) atoms. The van der Waals surface area contributed by atoms with Gasteiger partial charge in [0.25, 0.3) is 0 Å². The number of carbonyl (C=O) groups is 3. The number of nitrogens with zero attached hydrogens (tertiary/aromatic N) is 3. The number of carbonyl (C=O) groups excluding carboxylic acids is 3. The Morgan fingerprint density at radius 3 is 2.56 bits per heavy atom. The number of aromatic nitrogens is 2. The number of hydrogen-bond donors (Lipinski definition) is 1. The van der Waals surface area contributed by atoms with Crippen molar-refractivity contribution in [1.29, 1.82) is 0 Å². The van der Waals surface area contributed by atoms with Crippen LogP contribution in [0.25, 0.3) is 22.0 Å². The van der Waals surface area contributed by atoms with Gasteiger partial charge in [-0.15, -0.1) is 17.9 Å². The molecule has 0 spiro atoms. The van der Waals surface area contributed by atoms with E-state index in [2.05, 4.69) is 16.3 Å². The van der Waals surface area contributed by atoms with Crippen LogP contribution in [-0.4, -0.2) is 71.9 Å². The highest BCUT2D eigenvalue weighted by molar-refractivity contribution is 7.90. The van der Waals surface area contributed by atoms with Crippen molar-refractivity contribution in [2.45, 2.75) is 76.7 Å². The van der Waals surface area contributed by atoms with E-state index in [1.165, 1.54) is 41.7 Å². The van der Waals surface area contributed by atoms with Crippen LogP contribution >= 0.6 is 34.5 Å². The monoisotopic (exact) mass is 856 g/mol. The molecule has 302 valence electrons. The number of methoxy groups -OCH3 is 1. The van der Waals surface area contributed by atoms with Gasteiger partial charge in [-0.05, 0) is 67.0 Å². The maximum atomic E-state index is 14.9. The fourth-order valence-electron chi connectivity index (χ4n) is 7.65. The second-order valence-corrected chi connectivity index (χ2v) is 19.9. The largest absolute Gasteiger partial charge is 0.494 e. The van der Waals surface area contributed by atoms with Gasteiger partial charge in [0.2, 0.25) is 27.7 Å². The summed E-state index contributed by atoms with van der Waals surface area (Å²) in [5.74, 6) is -2.24. The zero-order valence-corrected chi connectivity index (χ0v) is 35.0. The minimum absolute atomic E-state index is 0.0262. The highest BCUT2D eigenvalue weighted by atomic mass is 35.5. The number of thiazole rings is 1. The van der Waals surface area contributed by atoms with Crippen molar-refractivity contribution in [3.8, 4) is 22.9 Å². The highest BCUT2D eigenvalue weighted by Gasteiger charge is 2.61. The molecule has 3 aliphatic rings. The highest BCUT2D eigenvalue weighted by Crippen LogP contribution is 2.57. The smallest absolute Gasteiger partial charge is 0.240 e. The lowest BCUT2D eigenvalue weighted by molar-refractivity contribution is -0.144. The van der Waals surface area contributed by atoms with E-state index in [1.54, 1.807) is 30.3 Å². The molecule has 0 unspecified atom stereocenters. The van der Waals surface area contributed by atoms with Gasteiger partial charge in [-0.1, -0.05) is 50.0 Å². The number of halogens is 3. The number of Topliss-reactive ketones (excluding diaryl/α,β-unsaturated/α-hetero) is 1. The fourth-order valence-corrected chi connectivity index (χ4v) is 10.2. The molecule has 1 N–H and O–H groups in total. The summed E-state index contributed by atoms with van der Waals surface area (Å²) in [6.07, 6.45) is 3.69. The third kappa shape index (κ3) is 8.41. The number of fused-ring (bicyclic) bond motifs is 1. The zero-order chi connectivity index (χ0) is 41.0. The van der Waals surface area contributed by atoms with E-state index >= 15 is 0 Å². The van der Waals surface area contributed by atoms with Gasteiger partial charge in [-0.3, -0.25) is 19.1 Å². The molecule has 2 amide bonds. The summed E-state index contributed by atoms with van der Waals surface area (Å²) >= 11 is 13.8. The lowest BCUT2D eigenvalue weighted by Gasteiger charge is -2.35. The van der Waals surface area contributed by atoms with Crippen LogP contribution in [0.3, 0.4) is 0 Å². The van der Waals surface area contributed by atoms with Gasteiger partial charge < -0.3 is 14.4 Å². The SMILES string of the molecule is C=C[C@@H]1C[C@]1(CC(=O)[C@@H]1C[C@@H](Oc2ncc(OC)c3ccc(Cl)cc23)CN1C(=O)[C@@H](Cc1nc(-c2ccc(F)c(Cl)c2)cs1)C(C)(C)C)C(=O)NS(=O)(=O)C1CC1. The fraction of sp³-hybridized carbons (Fsp3) is 0.439.